The highest BCUT2D eigenvalue weighted by molar-refractivity contribution is 5.90. The van der Waals surface area contributed by atoms with E-state index in [9.17, 15) is 14.4 Å². The molecule has 0 aliphatic carbocycles. The minimum atomic E-state index is -0.953. The molecule has 1 aromatic heterocycles. The van der Waals surface area contributed by atoms with Crippen molar-refractivity contribution in [2.24, 2.45) is 10.2 Å². The Kier molecular flexibility index (Phi) is 6.73. The van der Waals surface area contributed by atoms with E-state index in [1.165, 1.54) is 4.90 Å². The van der Waals surface area contributed by atoms with Crippen LogP contribution in [-0.4, -0.2) is 52.6 Å². The van der Waals surface area contributed by atoms with Crippen molar-refractivity contribution in [3.8, 4) is 12.3 Å². The van der Waals surface area contributed by atoms with Crippen molar-refractivity contribution in [2.45, 2.75) is 70.6 Å². The quantitative estimate of drug-likeness (QED) is 0.546. The highest BCUT2D eigenvalue weighted by Gasteiger charge is 2.44. The van der Waals surface area contributed by atoms with Gasteiger partial charge < -0.3 is 20.1 Å². The molecule has 0 bridgehead atoms. The van der Waals surface area contributed by atoms with Gasteiger partial charge in [0.2, 0.25) is 17.7 Å². The monoisotopic (exact) mass is 428 g/mol. The average Bonchev–Trinajstić information content (AvgIpc) is 3.27. The number of hydrogen-bond acceptors (Lipinski definition) is 7. The maximum atomic E-state index is 13.5. The zero-order valence-electron chi connectivity index (χ0n) is 18.1. The number of aromatic nitrogens is 1. The molecule has 3 amide bonds. The molecule has 10 nitrogen and oxygen atoms in total. The minimum Gasteiger partial charge on any atom is -0.361 e. The second-order valence-corrected chi connectivity index (χ2v) is 7.88. The summed E-state index contributed by atoms with van der Waals surface area (Å²) in [7, 11) is 0. The van der Waals surface area contributed by atoms with E-state index in [2.05, 4.69) is 31.9 Å². The normalized spacial score (nSPS) is 19.4. The second kappa shape index (κ2) is 9.29. The molecule has 2 N–H and O–H groups in total. The molecule has 2 aliphatic heterocycles. The van der Waals surface area contributed by atoms with Gasteiger partial charge in [0, 0.05) is 50.8 Å². The van der Waals surface area contributed by atoms with Gasteiger partial charge in [-0.2, -0.15) is 10.2 Å². The summed E-state index contributed by atoms with van der Waals surface area (Å²) >= 11 is 0. The fourth-order valence-electron chi connectivity index (χ4n) is 4.00. The Morgan fingerprint density at radius 1 is 1.39 bits per heavy atom. The molecule has 1 aromatic rings. The van der Waals surface area contributed by atoms with Gasteiger partial charge in [0.1, 0.15) is 11.8 Å². The Morgan fingerprint density at radius 3 is 2.65 bits per heavy atom. The van der Waals surface area contributed by atoms with E-state index in [1.54, 1.807) is 20.8 Å². The Hall–Kier alpha value is -3.22. The third-order valence-electron chi connectivity index (χ3n) is 5.67. The van der Waals surface area contributed by atoms with Crippen LogP contribution < -0.4 is 10.6 Å². The first-order valence-electron chi connectivity index (χ1n) is 10.5. The summed E-state index contributed by atoms with van der Waals surface area (Å²) in [5.41, 5.74) is 0.463. The molecular weight excluding hydrogens is 400 g/mol. The summed E-state index contributed by atoms with van der Waals surface area (Å²) in [5, 5.41) is 17.7. The zero-order valence-corrected chi connectivity index (χ0v) is 18.1. The van der Waals surface area contributed by atoms with Crippen LogP contribution in [-0.2, 0) is 14.4 Å². The molecule has 0 radical (unpaired) electrons. The first-order valence-corrected chi connectivity index (χ1v) is 10.5. The van der Waals surface area contributed by atoms with Gasteiger partial charge in [-0.1, -0.05) is 5.16 Å². The van der Waals surface area contributed by atoms with E-state index >= 15 is 0 Å². The van der Waals surface area contributed by atoms with Crippen molar-refractivity contribution in [1.82, 2.24) is 20.7 Å². The fourth-order valence-corrected chi connectivity index (χ4v) is 4.00. The minimum absolute atomic E-state index is 0.127. The lowest BCUT2D eigenvalue weighted by Crippen LogP contribution is -2.50. The van der Waals surface area contributed by atoms with Crippen molar-refractivity contribution >= 4 is 17.7 Å². The molecule has 10 heteroatoms. The van der Waals surface area contributed by atoms with E-state index in [0.29, 0.717) is 42.8 Å². The molecule has 0 saturated carbocycles. The van der Waals surface area contributed by atoms with E-state index in [0.717, 1.165) is 0 Å². The SMILES string of the molecule is C#CCCC1(CCC(=O)N(C2CNC(=O)C2)C(C(=O)NCC)c2c(C)noc2C)N=N1. The first-order chi connectivity index (χ1) is 14.8. The molecule has 2 aliphatic rings. The van der Waals surface area contributed by atoms with Crippen LogP contribution in [0.1, 0.15) is 62.1 Å². The Balaban J connectivity index is 1.90. The molecule has 2 atom stereocenters. The molecule has 3 rings (SSSR count). The molecule has 166 valence electrons. The molecule has 31 heavy (non-hydrogen) atoms. The molecule has 1 saturated heterocycles. The molecule has 2 unspecified atom stereocenters. The number of aryl methyl sites for hydroxylation is 2. The Morgan fingerprint density at radius 2 is 2.13 bits per heavy atom. The predicted molar refractivity (Wildman–Crippen MR) is 111 cm³/mol. The third-order valence-corrected chi connectivity index (χ3v) is 5.67. The number of carbonyl (C=O) groups excluding carboxylic acids is 3. The number of rotatable bonds is 10. The third kappa shape index (κ3) is 4.93. The van der Waals surface area contributed by atoms with E-state index in [-0.39, 0.29) is 37.1 Å². The topological polar surface area (TPSA) is 129 Å². The molecular formula is C21H28N6O4. The molecule has 1 fully saturated rings. The number of nitrogens with zero attached hydrogens (tertiary/aromatic N) is 4. The van der Waals surface area contributed by atoms with Gasteiger partial charge in [0.05, 0.1) is 11.7 Å². The molecule has 0 aromatic carbocycles. The van der Waals surface area contributed by atoms with Crippen molar-refractivity contribution in [3.63, 3.8) is 0 Å². The van der Waals surface area contributed by atoms with E-state index in [4.69, 9.17) is 10.9 Å². The number of carbonyl (C=O) groups is 3. The number of hydrogen-bond donors (Lipinski definition) is 2. The first kappa shape index (κ1) is 22.5. The van der Waals surface area contributed by atoms with Crippen molar-refractivity contribution in [1.29, 1.82) is 0 Å². The van der Waals surface area contributed by atoms with E-state index in [1.807, 2.05) is 0 Å². The zero-order chi connectivity index (χ0) is 22.6. The van der Waals surface area contributed by atoms with Gasteiger partial charge >= 0.3 is 0 Å². The Labute approximate surface area is 181 Å². The number of nitrogens with one attached hydrogen (secondary N) is 2. The van der Waals surface area contributed by atoms with Crippen LogP contribution in [0.5, 0.6) is 0 Å². The average molecular weight is 428 g/mol. The van der Waals surface area contributed by atoms with Crippen LogP contribution in [0.4, 0.5) is 0 Å². The van der Waals surface area contributed by atoms with Crippen LogP contribution in [0.25, 0.3) is 0 Å². The van der Waals surface area contributed by atoms with Crippen LogP contribution in [0.2, 0.25) is 0 Å². The maximum Gasteiger partial charge on any atom is 0.247 e. The number of terminal acetylenes is 1. The van der Waals surface area contributed by atoms with Crippen molar-refractivity contribution < 1.29 is 18.9 Å². The van der Waals surface area contributed by atoms with Crippen LogP contribution in [0.15, 0.2) is 14.8 Å². The summed E-state index contributed by atoms with van der Waals surface area (Å²) in [5.74, 6) is 2.28. The smallest absolute Gasteiger partial charge is 0.247 e. The van der Waals surface area contributed by atoms with Gasteiger partial charge in [0.25, 0.3) is 0 Å². The second-order valence-electron chi connectivity index (χ2n) is 7.88. The number of likely N-dealkylation sites (N-methyl/N-ethyl adjacent to an activating group) is 1. The summed E-state index contributed by atoms with van der Waals surface area (Å²) in [6, 6.07) is -1.41. The van der Waals surface area contributed by atoms with Crippen LogP contribution in [0.3, 0.4) is 0 Å². The predicted octanol–water partition coefficient (Wildman–Crippen LogP) is 1.54. The Bertz CT molecular complexity index is 905. The standard InChI is InChI=1S/C21H28N6O4/c1-5-7-9-21(25-26-21)10-8-17(29)27(15-11-16(28)23-12-15)19(20(30)22-6-2)18-13(3)24-31-14(18)4/h1,15,19H,6-12H2,2-4H3,(H,22,30)(H,23,28). The lowest BCUT2D eigenvalue weighted by atomic mass is 9.97. The summed E-state index contributed by atoms with van der Waals surface area (Å²) in [4.78, 5) is 40.1. The molecule has 0 spiro atoms. The highest BCUT2D eigenvalue weighted by atomic mass is 16.5. The number of amides is 3. The molecule has 3 heterocycles. The summed E-state index contributed by atoms with van der Waals surface area (Å²) < 4.78 is 5.29. The lowest BCUT2D eigenvalue weighted by molar-refractivity contribution is -0.143. The summed E-state index contributed by atoms with van der Waals surface area (Å²) in [6.07, 6.45) is 7.11. The van der Waals surface area contributed by atoms with E-state index < -0.39 is 17.7 Å². The van der Waals surface area contributed by atoms with Gasteiger partial charge in [-0.3, -0.25) is 14.4 Å². The van der Waals surface area contributed by atoms with Crippen LogP contribution >= 0.6 is 0 Å². The van der Waals surface area contributed by atoms with Gasteiger partial charge in [-0.05, 0) is 20.8 Å². The van der Waals surface area contributed by atoms with Gasteiger partial charge in [-0.25, -0.2) is 0 Å². The van der Waals surface area contributed by atoms with Gasteiger partial charge in [0.15, 0.2) is 5.66 Å². The van der Waals surface area contributed by atoms with Crippen molar-refractivity contribution in [3.05, 3.63) is 17.0 Å². The summed E-state index contributed by atoms with van der Waals surface area (Å²) in [6.45, 7) is 5.92. The van der Waals surface area contributed by atoms with Crippen LogP contribution in [0, 0.1) is 26.2 Å². The van der Waals surface area contributed by atoms with Gasteiger partial charge in [-0.15, -0.1) is 12.3 Å². The fraction of sp³-hybridized carbons (Fsp3) is 0.619. The van der Waals surface area contributed by atoms with Crippen molar-refractivity contribution in [2.75, 3.05) is 13.1 Å². The largest absolute Gasteiger partial charge is 0.361 e. The highest BCUT2D eigenvalue weighted by Crippen LogP contribution is 2.39. The maximum absolute atomic E-state index is 13.5. The lowest BCUT2D eigenvalue weighted by Gasteiger charge is -2.35.